The quantitative estimate of drug-likeness (QED) is 0.729. The number of aryl methyl sites for hydroxylation is 1. The second-order valence-electron chi connectivity index (χ2n) is 6.89. The highest BCUT2D eigenvalue weighted by atomic mass is 16.5. The van der Waals surface area contributed by atoms with E-state index in [1.54, 1.807) is 14.2 Å². The first kappa shape index (κ1) is 18.9. The molecule has 1 aliphatic rings. The van der Waals surface area contributed by atoms with E-state index in [2.05, 4.69) is 5.32 Å². The highest BCUT2D eigenvalue weighted by Crippen LogP contribution is 2.32. The number of fused-ring (bicyclic) bond motifs is 1. The molecule has 0 radical (unpaired) electrons. The maximum absolute atomic E-state index is 12.7. The van der Waals surface area contributed by atoms with E-state index in [1.807, 2.05) is 64.2 Å². The maximum atomic E-state index is 12.7. The standard InChI is InChI=1S/C22H24N4O3/c1-28-20-10-9-16(13-21(20)29-2)19-14-18-15-25(11-6-12-26(18)24-19)22(27)23-17-7-4-3-5-8-17/h3-5,7-10,13-14H,6,11-12,15H2,1-2H3,(H,23,27). The molecule has 0 atom stereocenters. The first-order chi connectivity index (χ1) is 14.2. The van der Waals surface area contributed by atoms with Gasteiger partial charge in [-0.05, 0) is 42.8 Å². The van der Waals surface area contributed by atoms with Crippen LogP contribution in [0.4, 0.5) is 10.5 Å². The van der Waals surface area contributed by atoms with Gasteiger partial charge in [0.1, 0.15) is 0 Å². The zero-order valence-corrected chi connectivity index (χ0v) is 16.6. The van der Waals surface area contributed by atoms with Crippen LogP contribution in [0.15, 0.2) is 54.6 Å². The fraction of sp³-hybridized carbons (Fsp3) is 0.273. The number of ether oxygens (including phenoxy) is 2. The van der Waals surface area contributed by atoms with Gasteiger partial charge in [-0.1, -0.05) is 18.2 Å². The molecule has 150 valence electrons. The summed E-state index contributed by atoms with van der Waals surface area (Å²) in [7, 11) is 3.23. The Morgan fingerprint density at radius 1 is 1.00 bits per heavy atom. The molecule has 1 aromatic heterocycles. The predicted octanol–water partition coefficient (Wildman–Crippen LogP) is 4.01. The molecule has 29 heavy (non-hydrogen) atoms. The van der Waals surface area contributed by atoms with E-state index < -0.39 is 0 Å². The predicted molar refractivity (Wildman–Crippen MR) is 111 cm³/mol. The summed E-state index contributed by atoms with van der Waals surface area (Å²) < 4.78 is 12.7. The Hall–Kier alpha value is -3.48. The summed E-state index contributed by atoms with van der Waals surface area (Å²) in [5, 5.41) is 7.71. The lowest BCUT2D eigenvalue weighted by atomic mass is 10.1. The van der Waals surface area contributed by atoms with Crippen molar-refractivity contribution in [2.45, 2.75) is 19.5 Å². The Bertz CT molecular complexity index is 1000. The Morgan fingerprint density at radius 3 is 2.55 bits per heavy atom. The van der Waals surface area contributed by atoms with Crippen LogP contribution >= 0.6 is 0 Å². The third-order valence-electron chi connectivity index (χ3n) is 5.01. The minimum absolute atomic E-state index is 0.0986. The fourth-order valence-corrected chi connectivity index (χ4v) is 3.50. The monoisotopic (exact) mass is 392 g/mol. The molecule has 0 spiro atoms. The zero-order valence-electron chi connectivity index (χ0n) is 16.6. The third-order valence-corrected chi connectivity index (χ3v) is 5.01. The highest BCUT2D eigenvalue weighted by Gasteiger charge is 2.21. The van der Waals surface area contributed by atoms with Crippen LogP contribution in [-0.2, 0) is 13.1 Å². The number of amides is 2. The SMILES string of the molecule is COc1ccc(-c2cc3n(n2)CCCN(C(=O)Nc2ccccc2)C3)cc1OC. The van der Waals surface area contributed by atoms with Crippen LogP contribution in [0.2, 0.25) is 0 Å². The minimum atomic E-state index is -0.0986. The molecule has 4 rings (SSSR count). The van der Waals surface area contributed by atoms with Gasteiger partial charge >= 0.3 is 6.03 Å². The second kappa shape index (κ2) is 8.26. The van der Waals surface area contributed by atoms with Crippen molar-refractivity contribution in [2.24, 2.45) is 0 Å². The lowest BCUT2D eigenvalue weighted by Gasteiger charge is -2.20. The summed E-state index contributed by atoms with van der Waals surface area (Å²) in [5.74, 6) is 1.35. The molecule has 2 heterocycles. The lowest BCUT2D eigenvalue weighted by Crippen LogP contribution is -2.34. The largest absolute Gasteiger partial charge is 0.493 e. The molecule has 1 N–H and O–H groups in total. The van der Waals surface area contributed by atoms with Crippen LogP contribution in [0.3, 0.4) is 0 Å². The summed E-state index contributed by atoms with van der Waals surface area (Å²) in [4.78, 5) is 14.5. The first-order valence-corrected chi connectivity index (χ1v) is 9.58. The topological polar surface area (TPSA) is 68.6 Å². The number of benzene rings is 2. The molecule has 0 aliphatic carbocycles. The second-order valence-corrected chi connectivity index (χ2v) is 6.89. The Morgan fingerprint density at radius 2 is 1.79 bits per heavy atom. The van der Waals surface area contributed by atoms with Gasteiger partial charge in [0.25, 0.3) is 0 Å². The third kappa shape index (κ3) is 4.03. The number of nitrogens with zero attached hydrogens (tertiary/aromatic N) is 3. The smallest absolute Gasteiger partial charge is 0.322 e. The molecule has 2 aromatic carbocycles. The van der Waals surface area contributed by atoms with Gasteiger partial charge in [-0.2, -0.15) is 5.10 Å². The van der Waals surface area contributed by atoms with E-state index in [4.69, 9.17) is 14.6 Å². The normalized spacial score (nSPS) is 13.4. The number of nitrogens with one attached hydrogen (secondary N) is 1. The van der Waals surface area contributed by atoms with E-state index >= 15 is 0 Å². The number of para-hydroxylation sites is 1. The molecule has 0 fully saturated rings. The van der Waals surface area contributed by atoms with E-state index in [-0.39, 0.29) is 6.03 Å². The number of rotatable bonds is 4. The van der Waals surface area contributed by atoms with Gasteiger partial charge in [0, 0.05) is 24.3 Å². The number of urea groups is 1. The van der Waals surface area contributed by atoms with Crippen LogP contribution in [0.25, 0.3) is 11.3 Å². The van der Waals surface area contributed by atoms with Crippen molar-refractivity contribution in [1.82, 2.24) is 14.7 Å². The Labute approximate surface area is 169 Å². The molecule has 7 nitrogen and oxygen atoms in total. The first-order valence-electron chi connectivity index (χ1n) is 9.58. The van der Waals surface area contributed by atoms with Gasteiger partial charge in [0.05, 0.1) is 32.2 Å². The van der Waals surface area contributed by atoms with E-state index in [9.17, 15) is 4.79 Å². The summed E-state index contributed by atoms with van der Waals surface area (Å²) in [5.41, 5.74) is 3.60. The van der Waals surface area contributed by atoms with Crippen molar-refractivity contribution in [3.05, 3.63) is 60.3 Å². The number of aromatic nitrogens is 2. The van der Waals surface area contributed by atoms with Crippen molar-refractivity contribution in [2.75, 3.05) is 26.1 Å². The van der Waals surface area contributed by atoms with Crippen molar-refractivity contribution < 1.29 is 14.3 Å². The molecule has 0 bridgehead atoms. The number of methoxy groups -OCH3 is 2. The van der Waals surface area contributed by atoms with Gasteiger partial charge < -0.3 is 19.7 Å². The molecule has 1 aliphatic heterocycles. The highest BCUT2D eigenvalue weighted by molar-refractivity contribution is 5.89. The minimum Gasteiger partial charge on any atom is -0.493 e. The van der Waals surface area contributed by atoms with Gasteiger partial charge in [0.15, 0.2) is 11.5 Å². The van der Waals surface area contributed by atoms with Crippen LogP contribution in [0, 0.1) is 0 Å². The molecule has 0 unspecified atom stereocenters. The average Bonchev–Trinajstić information content (AvgIpc) is 3.05. The van der Waals surface area contributed by atoms with E-state index in [1.165, 1.54) is 0 Å². The van der Waals surface area contributed by atoms with Crippen LogP contribution in [0.1, 0.15) is 12.1 Å². The maximum Gasteiger partial charge on any atom is 0.322 e. The van der Waals surface area contributed by atoms with Crippen LogP contribution in [0.5, 0.6) is 11.5 Å². The van der Waals surface area contributed by atoms with Gasteiger partial charge in [-0.15, -0.1) is 0 Å². The van der Waals surface area contributed by atoms with Crippen molar-refractivity contribution in [1.29, 1.82) is 0 Å². The summed E-state index contributed by atoms with van der Waals surface area (Å²) in [6.07, 6.45) is 0.849. The van der Waals surface area contributed by atoms with Gasteiger partial charge in [-0.25, -0.2) is 4.79 Å². The van der Waals surface area contributed by atoms with E-state index in [0.29, 0.717) is 24.6 Å². The number of anilines is 1. The van der Waals surface area contributed by atoms with Crippen LogP contribution < -0.4 is 14.8 Å². The molecular weight excluding hydrogens is 368 g/mol. The molecule has 0 saturated carbocycles. The van der Waals surface area contributed by atoms with Crippen LogP contribution in [-0.4, -0.2) is 41.5 Å². The van der Waals surface area contributed by atoms with Crippen molar-refractivity contribution in [3.63, 3.8) is 0 Å². The Kier molecular flexibility index (Phi) is 5.37. The van der Waals surface area contributed by atoms with Crippen molar-refractivity contribution >= 4 is 11.7 Å². The summed E-state index contributed by atoms with van der Waals surface area (Å²) >= 11 is 0. The zero-order chi connectivity index (χ0) is 20.2. The van der Waals surface area contributed by atoms with Crippen molar-refractivity contribution in [3.8, 4) is 22.8 Å². The molecule has 3 aromatic rings. The molecule has 7 heteroatoms. The average molecular weight is 392 g/mol. The number of carbonyl (C=O) groups is 1. The number of hydrogen-bond acceptors (Lipinski definition) is 4. The van der Waals surface area contributed by atoms with E-state index in [0.717, 1.165) is 35.6 Å². The van der Waals surface area contributed by atoms with Gasteiger partial charge in [-0.3, -0.25) is 4.68 Å². The lowest BCUT2D eigenvalue weighted by molar-refractivity contribution is 0.210. The summed E-state index contributed by atoms with van der Waals surface area (Å²) in [6.45, 7) is 1.98. The molecular formula is C22H24N4O3. The Balaban J connectivity index is 1.54. The summed E-state index contributed by atoms with van der Waals surface area (Å²) in [6, 6.07) is 17.2. The fourth-order valence-electron chi connectivity index (χ4n) is 3.50. The van der Waals surface area contributed by atoms with Gasteiger partial charge in [0.2, 0.25) is 0 Å². The molecule has 0 saturated heterocycles. The molecule has 2 amide bonds. The number of hydrogen-bond donors (Lipinski definition) is 1. The number of carbonyl (C=O) groups excluding carboxylic acids is 1.